The molecule has 0 aliphatic carbocycles. The van der Waals surface area contributed by atoms with Gasteiger partial charge in [-0.05, 0) is 81.9 Å². The van der Waals surface area contributed by atoms with Crippen LogP contribution in [0.4, 0.5) is 17.2 Å². The van der Waals surface area contributed by atoms with Crippen molar-refractivity contribution in [2.45, 2.75) is 0 Å². The molecule has 7 aromatic carbocycles. The van der Waals surface area contributed by atoms with Crippen LogP contribution in [0.25, 0.3) is 61.1 Å². The molecule has 2 heterocycles. The predicted octanol–water partition coefficient (Wildman–Crippen LogP) is 11.6. The highest BCUT2D eigenvalue weighted by molar-refractivity contribution is 6.25. The summed E-state index contributed by atoms with van der Waals surface area (Å²) >= 11 is 0. The van der Waals surface area contributed by atoms with Crippen LogP contribution in [0.2, 0.25) is 0 Å². The van der Waals surface area contributed by atoms with Crippen LogP contribution in [-0.2, 0) is 0 Å². The molecule has 2 aromatic heterocycles. The first-order chi connectivity index (χ1) is 23.7. The van der Waals surface area contributed by atoms with Crippen molar-refractivity contribution in [1.29, 1.82) is 0 Å². The zero-order chi connectivity index (χ0) is 32.2. The zero-order valence-electron chi connectivity index (χ0n) is 26.9. The Morgan fingerprint density at radius 1 is 0.543 bits per heavy atom. The molecule has 0 bridgehead atoms. The Morgan fingerprint density at radius 2 is 1.30 bits per heavy atom. The first-order valence-electron chi connectivity index (χ1n) is 16.5. The molecule has 46 heavy (non-hydrogen) atoms. The number of aromatic nitrogens is 2. The SMILES string of the molecule is [2H]/C(=C(/[2H])c1ccc2c3c1ccc1cccc(c13)n2-c1ccccc1)c1ccc(N(c2ccccn2)c2cccc3ccccc23)cc1. The Kier molecular flexibility index (Phi) is 5.65. The van der Waals surface area contributed by atoms with E-state index < -0.39 is 0 Å². The van der Waals surface area contributed by atoms with E-state index in [1.165, 1.54) is 5.39 Å². The van der Waals surface area contributed by atoms with E-state index in [0.717, 1.165) is 66.4 Å². The molecule has 0 radical (unpaired) electrons. The van der Waals surface area contributed by atoms with Gasteiger partial charge in [-0.2, -0.15) is 0 Å². The highest BCUT2D eigenvalue weighted by Gasteiger charge is 2.18. The van der Waals surface area contributed by atoms with E-state index in [4.69, 9.17) is 4.98 Å². The minimum Gasteiger partial charge on any atom is -0.309 e. The van der Waals surface area contributed by atoms with Gasteiger partial charge in [-0.1, -0.05) is 115 Å². The minimum atomic E-state index is 0.178. The van der Waals surface area contributed by atoms with Crippen molar-refractivity contribution in [2.75, 3.05) is 4.90 Å². The fraction of sp³-hybridized carbons (Fsp3) is 0. The van der Waals surface area contributed by atoms with Gasteiger partial charge in [0.15, 0.2) is 0 Å². The van der Waals surface area contributed by atoms with Crippen molar-refractivity contribution in [2.24, 2.45) is 0 Å². The molecule has 0 fully saturated rings. The van der Waals surface area contributed by atoms with Crippen molar-refractivity contribution in [3.8, 4) is 5.69 Å². The van der Waals surface area contributed by atoms with Crippen LogP contribution in [0.5, 0.6) is 0 Å². The summed E-state index contributed by atoms with van der Waals surface area (Å²) in [5.74, 6) is 0.803. The lowest BCUT2D eigenvalue weighted by Gasteiger charge is -2.25. The summed E-state index contributed by atoms with van der Waals surface area (Å²) < 4.78 is 20.8. The van der Waals surface area contributed by atoms with E-state index in [1.807, 2.05) is 54.6 Å². The largest absolute Gasteiger partial charge is 0.309 e. The van der Waals surface area contributed by atoms with Crippen LogP contribution in [-0.4, -0.2) is 9.55 Å². The summed E-state index contributed by atoms with van der Waals surface area (Å²) in [4.78, 5) is 6.84. The maximum atomic E-state index is 9.30. The summed E-state index contributed by atoms with van der Waals surface area (Å²) in [6.07, 6.45) is 1.80. The molecule has 3 heteroatoms. The molecule has 3 nitrogen and oxygen atoms in total. The van der Waals surface area contributed by atoms with E-state index in [9.17, 15) is 2.74 Å². The number of rotatable bonds is 6. The monoisotopic (exact) mass is 589 g/mol. The van der Waals surface area contributed by atoms with Crippen LogP contribution in [0.1, 0.15) is 13.9 Å². The van der Waals surface area contributed by atoms with Crippen molar-refractivity contribution in [3.05, 3.63) is 175 Å². The average Bonchev–Trinajstić information content (AvgIpc) is 3.50. The molecule has 0 atom stereocenters. The molecule has 216 valence electrons. The molecule has 0 aliphatic heterocycles. The van der Waals surface area contributed by atoms with E-state index in [0.29, 0.717) is 5.56 Å². The smallest absolute Gasteiger partial charge is 0.137 e. The van der Waals surface area contributed by atoms with Crippen LogP contribution in [0.15, 0.2) is 164 Å². The molecule has 0 saturated carbocycles. The summed E-state index contributed by atoms with van der Waals surface area (Å²) in [5.41, 5.74) is 6.71. The number of anilines is 3. The second-order valence-electron chi connectivity index (χ2n) is 11.5. The van der Waals surface area contributed by atoms with Gasteiger partial charge in [0.05, 0.1) is 19.5 Å². The number of nitrogens with zero attached hydrogens (tertiary/aromatic N) is 3. The topological polar surface area (TPSA) is 21.1 Å². The molecule has 0 spiro atoms. The number of pyridine rings is 1. The Morgan fingerprint density at radius 3 is 2.17 bits per heavy atom. The Balaban J connectivity index is 1.16. The number of hydrogen-bond donors (Lipinski definition) is 0. The summed E-state index contributed by atoms with van der Waals surface area (Å²) in [6.45, 7) is 0. The molecule has 0 saturated heterocycles. The van der Waals surface area contributed by atoms with Gasteiger partial charge >= 0.3 is 0 Å². The Hall–Kier alpha value is -6.19. The summed E-state index contributed by atoms with van der Waals surface area (Å²) in [7, 11) is 0. The second kappa shape index (κ2) is 10.8. The maximum absolute atomic E-state index is 9.30. The fourth-order valence-corrected chi connectivity index (χ4v) is 6.77. The predicted molar refractivity (Wildman–Crippen MR) is 195 cm³/mol. The van der Waals surface area contributed by atoms with Crippen LogP contribution in [0, 0.1) is 0 Å². The maximum Gasteiger partial charge on any atom is 0.137 e. The molecule has 9 rings (SSSR count). The molecule has 0 amide bonds. The van der Waals surface area contributed by atoms with Crippen molar-refractivity contribution >= 4 is 72.6 Å². The van der Waals surface area contributed by atoms with Gasteiger partial charge in [0.1, 0.15) is 5.82 Å². The number of hydrogen-bond acceptors (Lipinski definition) is 2. The quantitative estimate of drug-likeness (QED) is 0.142. The fourth-order valence-electron chi connectivity index (χ4n) is 6.77. The third-order valence-corrected chi connectivity index (χ3v) is 8.83. The lowest BCUT2D eigenvalue weighted by Crippen LogP contribution is -2.11. The molecule has 0 aliphatic rings. The second-order valence-corrected chi connectivity index (χ2v) is 11.5. The number of para-hydroxylation sites is 1. The van der Waals surface area contributed by atoms with Crippen molar-refractivity contribution < 1.29 is 2.74 Å². The molecular formula is C43H29N3. The van der Waals surface area contributed by atoms with Crippen LogP contribution in [0.3, 0.4) is 0 Å². The van der Waals surface area contributed by atoms with Gasteiger partial charge in [-0.25, -0.2) is 4.98 Å². The van der Waals surface area contributed by atoms with Crippen molar-refractivity contribution in [3.63, 3.8) is 0 Å². The Bertz CT molecular complexity index is 2620. The van der Waals surface area contributed by atoms with Crippen LogP contribution < -0.4 is 4.90 Å². The highest BCUT2D eigenvalue weighted by atomic mass is 15.2. The van der Waals surface area contributed by atoms with E-state index in [2.05, 4.69) is 113 Å². The minimum absolute atomic E-state index is 0.178. The first kappa shape index (κ1) is 24.2. The average molecular weight is 590 g/mol. The normalized spacial score (nSPS) is 12.9. The summed E-state index contributed by atoms with van der Waals surface area (Å²) in [5, 5.41) is 6.73. The molecular weight excluding hydrogens is 558 g/mol. The lowest BCUT2D eigenvalue weighted by molar-refractivity contribution is 1.18. The molecule has 9 aromatic rings. The van der Waals surface area contributed by atoms with Gasteiger partial charge < -0.3 is 4.57 Å². The lowest BCUT2D eigenvalue weighted by atomic mass is 9.98. The van der Waals surface area contributed by atoms with Gasteiger partial charge in [-0.3, -0.25) is 4.90 Å². The third-order valence-electron chi connectivity index (χ3n) is 8.83. The third kappa shape index (κ3) is 4.25. The van der Waals surface area contributed by atoms with E-state index in [-0.39, 0.29) is 12.1 Å². The number of benzene rings is 7. The highest BCUT2D eigenvalue weighted by Crippen LogP contribution is 2.41. The Labute approximate surface area is 270 Å². The van der Waals surface area contributed by atoms with Crippen molar-refractivity contribution in [1.82, 2.24) is 9.55 Å². The van der Waals surface area contributed by atoms with E-state index >= 15 is 0 Å². The number of fused-ring (bicyclic) bond motifs is 1. The molecule has 0 unspecified atom stereocenters. The van der Waals surface area contributed by atoms with Gasteiger partial charge in [0.2, 0.25) is 0 Å². The first-order valence-corrected chi connectivity index (χ1v) is 15.5. The standard InChI is InChI=1S/C43H29N3/c1-2-13-34(14-3-1)45-39-17-9-12-33-23-27-37-32(24-28-40(45)43(37)42(33)39)22-19-30-20-25-35(26-21-30)46(41-18-6-7-29-44-41)38-16-8-11-31-10-4-5-15-36(31)38/h1-29H/b22-19+/i19D,22D. The van der Waals surface area contributed by atoms with Gasteiger partial charge in [0.25, 0.3) is 0 Å². The van der Waals surface area contributed by atoms with E-state index in [1.54, 1.807) is 6.20 Å². The zero-order valence-corrected chi connectivity index (χ0v) is 24.9. The molecule has 0 N–H and O–H groups in total. The summed E-state index contributed by atoms with van der Waals surface area (Å²) in [6, 6.07) is 54.0. The van der Waals surface area contributed by atoms with Gasteiger partial charge in [0, 0.05) is 33.7 Å². The van der Waals surface area contributed by atoms with Gasteiger partial charge in [-0.15, -0.1) is 0 Å². The van der Waals surface area contributed by atoms with Crippen LogP contribution >= 0.6 is 0 Å².